The van der Waals surface area contributed by atoms with E-state index in [1.165, 1.54) is 5.56 Å². The molecule has 0 saturated carbocycles. The second kappa shape index (κ2) is 7.37. The first-order valence-corrected chi connectivity index (χ1v) is 6.77. The Balaban J connectivity index is 2.20. The van der Waals surface area contributed by atoms with Crippen LogP contribution in [0.2, 0.25) is 0 Å². The summed E-state index contributed by atoms with van der Waals surface area (Å²) < 4.78 is 5.29. The Morgan fingerprint density at radius 1 is 1.05 bits per heavy atom. The molecule has 102 valence electrons. The van der Waals surface area contributed by atoms with Gasteiger partial charge < -0.3 is 10.5 Å². The van der Waals surface area contributed by atoms with E-state index in [-0.39, 0.29) is 0 Å². The minimum atomic E-state index is 0.719. The van der Waals surface area contributed by atoms with Crippen LogP contribution in [0.25, 0.3) is 0 Å². The molecule has 0 aromatic heterocycles. The standard InChI is InChI=1S/C18H19NO/c1-20-18-10-3-2-9-17(18)12-11-16-7-4-6-15(14-16)8-5-13-19/h2-4,6-7,9-10,14H,5,8,13,19H2,1H3. The summed E-state index contributed by atoms with van der Waals surface area (Å²) >= 11 is 0. The lowest BCUT2D eigenvalue weighted by Gasteiger charge is -2.02. The molecule has 2 aromatic carbocycles. The highest BCUT2D eigenvalue weighted by molar-refractivity contribution is 5.50. The van der Waals surface area contributed by atoms with E-state index < -0.39 is 0 Å². The minimum absolute atomic E-state index is 0.719. The van der Waals surface area contributed by atoms with Crippen LogP contribution in [0.5, 0.6) is 5.75 Å². The van der Waals surface area contributed by atoms with Crippen molar-refractivity contribution in [1.82, 2.24) is 0 Å². The lowest BCUT2D eigenvalue weighted by atomic mass is 10.1. The third-order valence-electron chi connectivity index (χ3n) is 3.05. The molecule has 0 bridgehead atoms. The summed E-state index contributed by atoms with van der Waals surface area (Å²) in [4.78, 5) is 0. The largest absolute Gasteiger partial charge is 0.495 e. The summed E-state index contributed by atoms with van der Waals surface area (Å²) in [5.74, 6) is 7.16. The van der Waals surface area contributed by atoms with Crippen molar-refractivity contribution in [3.63, 3.8) is 0 Å². The van der Waals surface area contributed by atoms with Crippen molar-refractivity contribution in [3.8, 4) is 17.6 Å². The number of benzene rings is 2. The van der Waals surface area contributed by atoms with Gasteiger partial charge in [-0.25, -0.2) is 0 Å². The molecule has 2 heteroatoms. The van der Waals surface area contributed by atoms with E-state index in [1.807, 2.05) is 36.4 Å². The molecular formula is C18H19NO. The van der Waals surface area contributed by atoms with E-state index in [1.54, 1.807) is 7.11 Å². The van der Waals surface area contributed by atoms with Crippen molar-refractivity contribution >= 4 is 0 Å². The molecule has 0 fully saturated rings. The summed E-state index contributed by atoms with van der Waals surface area (Å²) in [5.41, 5.74) is 8.74. The molecule has 0 atom stereocenters. The average molecular weight is 265 g/mol. The molecule has 2 N–H and O–H groups in total. The number of nitrogens with two attached hydrogens (primary N) is 1. The van der Waals surface area contributed by atoms with Crippen molar-refractivity contribution < 1.29 is 4.74 Å². The molecule has 2 rings (SSSR count). The van der Waals surface area contributed by atoms with Gasteiger partial charge in [-0.05, 0) is 49.2 Å². The highest BCUT2D eigenvalue weighted by Crippen LogP contribution is 2.16. The predicted octanol–water partition coefficient (Wildman–Crippen LogP) is 2.99. The number of para-hydroxylation sites is 1. The van der Waals surface area contributed by atoms with Crippen LogP contribution in [0, 0.1) is 11.8 Å². The van der Waals surface area contributed by atoms with Crippen LogP contribution in [0.3, 0.4) is 0 Å². The van der Waals surface area contributed by atoms with Crippen molar-refractivity contribution in [1.29, 1.82) is 0 Å². The van der Waals surface area contributed by atoms with Crippen LogP contribution < -0.4 is 10.5 Å². The fourth-order valence-corrected chi connectivity index (χ4v) is 2.00. The molecular weight excluding hydrogens is 246 g/mol. The third-order valence-corrected chi connectivity index (χ3v) is 3.05. The van der Waals surface area contributed by atoms with Gasteiger partial charge in [-0.2, -0.15) is 0 Å². The Hall–Kier alpha value is -2.24. The molecule has 0 saturated heterocycles. The Morgan fingerprint density at radius 2 is 1.90 bits per heavy atom. The number of aryl methyl sites for hydroxylation is 1. The zero-order valence-electron chi connectivity index (χ0n) is 11.7. The first-order chi connectivity index (χ1) is 9.83. The summed E-state index contributed by atoms with van der Waals surface area (Å²) in [6, 6.07) is 16.1. The normalized spacial score (nSPS) is 9.70. The van der Waals surface area contributed by atoms with Crippen molar-refractivity contribution in [2.24, 2.45) is 5.73 Å². The maximum absolute atomic E-state index is 5.54. The van der Waals surface area contributed by atoms with Gasteiger partial charge in [0, 0.05) is 5.56 Å². The lowest BCUT2D eigenvalue weighted by Crippen LogP contribution is -2.00. The van der Waals surface area contributed by atoms with Gasteiger partial charge in [0.25, 0.3) is 0 Å². The Kier molecular flexibility index (Phi) is 5.23. The third kappa shape index (κ3) is 3.88. The fourth-order valence-electron chi connectivity index (χ4n) is 2.00. The highest BCUT2D eigenvalue weighted by Gasteiger charge is 1.97. The fraction of sp³-hybridized carbons (Fsp3) is 0.222. The van der Waals surface area contributed by atoms with E-state index >= 15 is 0 Å². The Labute approximate surface area is 120 Å². The average Bonchev–Trinajstić information content (AvgIpc) is 2.51. The van der Waals surface area contributed by atoms with E-state index in [2.05, 4.69) is 24.0 Å². The molecule has 0 aliphatic heterocycles. The number of ether oxygens (including phenoxy) is 1. The number of hydrogen-bond donors (Lipinski definition) is 1. The van der Waals surface area contributed by atoms with Crippen LogP contribution in [-0.4, -0.2) is 13.7 Å². The maximum Gasteiger partial charge on any atom is 0.134 e. The van der Waals surface area contributed by atoms with Gasteiger partial charge in [0.15, 0.2) is 0 Å². The predicted molar refractivity (Wildman–Crippen MR) is 82.8 cm³/mol. The van der Waals surface area contributed by atoms with E-state index in [0.29, 0.717) is 0 Å². The van der Waals surface area contributed by atoms with Gasteiger partial charge in [-0.1, -0.05) is 36.1 Å². The number of rotatable bonds is 4. The van der Waals surface area contributed by atoms with Gasteiger partial charge in [-0.15, -0.1) is 0 Å². The molecule has 0 heterocycles. The molecule has 0 aliphatic rings. The topological polar surface area (TPSA) is 35.2 Å². The van der Waals surface area contributed by atoms with Crippen LogP contribution >= 0.6 is 0 Å². The first-order valence-electron chi connectivity index (χ1n) is 6.77. The van der Waals surface area contributed by atoms with Crippen LogP contribution in [0.15, 0.2) is 48.5 Å². The molecule has 2 aromatic rings. The van der Waals surface area contributed by atoms with Gasteiger partial charge in [0.1, 0.15) is 5.75 Å². The van der Waals surface area contributed by atoms with Gasteiger partial charge >= 0.3 is 0 Å². The molecule has 0 aliphatic carbocycles. The smallest absolute Gasteiger partial charge is 0.134 e. The first kappa shape index (κ1) is 14.2. The molecule has 0 radical (unpaired) electrons. The summed E-state index contributed by atoms with van der Waals surface area (Å²) in [7, 11) is 1.66. The van der Waals surface area contributed by atoms with Crippen molar-refractivity contribution in [2.45, 2.75) is 12.8 Å². The van der Waals surface area contributed by atoms with Gasteiger partial charge in [0.2, 0.25) is 0 Å². The summed E-state index contributed by atoms with van der Waals surface area (Å²) in [6.07, 6.45) is 2.00. The molecule has 0 spiro atoms. The van der Waals surface area contributed by atoms with Crippen molar-refractivity contribution in [3.05, 3.63) is 65.2 Å². The molecule has 0 unspecified atom stereocenters. The number of methoxy groups -OCH3 is 1. The SMILES string of the molecule is COc1ccccc1C#Cc1cccc(CCCN)c1. The second-order valence-corrected chi connectivity index (χ2v) is 4.54. The Morgan fingerprint density at radius 3 is 2.70 bits per heavy atom. The lowest BCUT2D eigenvalue weighted by molar-refractivity contribution is 0.413. The highest BCUT2D eigenvalue weighted by atomic mass is 16.5. The van der Waals surface area contributed by atoms with Crippen LogP contribution in [0.1, 0.15) is 23.1 Å². The van der Waals surface area contributed by atoms with E-state index in [9.17, 15) is 0 Å². The van der Waals surface area contributed by atoms with Crippen molar-refractivity contribution in [2.75, 3.05) is 13.7 Å². The van der Waals surface area contributed by atoms with E-state index in [4.69, 9.17) is 10.5 Å². The maximum atomic E-state index is 5.54. The minimum Gasteiger partial charge on any atom is -0.495 e. The summed E-state index contributed by atoms with van der Waals surface area (Å²) in [6.45, 7) is 0.719. The zero-order valence-corrected chi connectivity index (χ0v) is 11.7. The Bertz CT molecular complexity index is 623. The van der Waals surface area contributed by atoms with E-state index in [0.717, 1.165) is 36.3 Å². The molecule has 0 amide bonds. The van der Waals surface area contributed by atoms with Crippen LogP contribution in [0.4, 0.5) is 0 Å². The van der Waals surface area contributed by atoms with Gasteiger partial charge in [0.05, 0.1) is 12.7 Å². The quantitative estimate of drug-likeness (QED) is 0.863. The molecule has 20 heavy (non-hydrogen) atoms. The number of hydrogen-bond acceptors (Lipinski definition) is 2. The molecule has 2 nitrogen and oxygen atoms in total. The summed E-state index contributed by atoms with van der Waals surface area (Å²) in [5, 5.41) is 0. The van der Waals surface area contributed by atoms with Gasteiger partial charge in [-0.3, -0.25) is 0 Å². The monoisotopic (exact) mass is 265 g/mol. The zero-order chi connectivity index (χ0) is 14.2. The second-order valence-electron chi connectivity index (χ2n) is 4.54. The van der Waals surface area contributed by atoms with Crippen LogP contribution in [-0.2, 0) is 6.42 Å².